The molecule has 3 saturated carbocycles. The Labute approximate surface area is 145 Å². The van der Waals surface area contributed by atoms with Crippen LogP contribution in [0.5, 0.6) is 0 Å². The van der Waals surface area contributed by atoms with Gasteiger partial charge in [-0.25, -0.2) is 0 Å². The van der Waals surface area contributed by atoms with Crippen LogP contribution in [-0.2, 0) is 0 Å². The topological polar surface area (TPSA) is 60.7 Å². The predicted molar refractivity (Wildman–Crippen MR) is 92.9 cm³/mol. The number of hydrogen-bond donors (Lipinski definition) is 3. The van der Waals surface area contributed by atoms with Crippen molar-refractivity contribution in [2.24, 2.45) is 28.6 Å². The van der Waals surface area contributed by atoms with Gasteiger partial charge < -0.3 is 15.3 Å². The number of allylic oxidation sites excluding steroid dienone is 1. The number of hydrogen-bond acceptors (Lipinski definition) is 3. The minimum atomic E-state index is -0.970. The standard InChI is InChI=1S/C21H30O3/c1-3-21(24)11-8-17-16-5-4-14-12-15(23)6-10-20(14,13-22)18(16)7-9-19(17,21)2/h1,4,15-18,22-24H,5-13H2,2H3/t15?,16-,17-,18+,19-,20+,21?/m0/s1. The summed E-state index contributed by atoms with van der Waals surface area (Å²) >= 11 is 0. The second-order valence-electron chi connectivity index (χ2n) is 9.05. The smallest absolute Gasteiger partial charge is 0.130 e. The van der Waals surface area contributed by atoms with E-state index in [1.54, 1.807) is 0 Å². The largest absolute Gasteiger partial charge is 0.395 e. The molecule has 0 aromatic carbocycles. The Kier molecular flexibility index (Phi) is 3.70. The molecule has 0 heterocycles. The van der Waals surface area contributed by atoms with Gasteiger partial charge in [0.25, 0.3) is 0 Å². The molecule has 3 fully saturated rings. The Morgan fingerprint density at radius 3 is 2.67 bits per heavy atom. The zero-order valence-electron chi connectivity index (χ0n) is 14.7. The van der Waals surface area contributed by atoms with Gasteiger partial charge in [-0.2, -0.15) is 0 Å². The van der Waals surface area contributed by atoms with Crippen molar-refractivity contribution in [2.75, 3.05) is 6.61 Å². The van der Waals surface area contributed by atoms with Crippen LogP contribution in [0.2, 0.25) is 0 Å². The highest BCUT2D eigenvalue weighted by molar-refractivity contribution is 5.29. The van der Waals surface area contributed by atoms with Crippen LogP contribution in [0.4, 0.5) is 0 Å². The zero-order chi connectivity index (χ0) is 17.2. The van der Waals surface area contributed by atoms with Crippen LogP contribution in [0.25, 0.3) is 0 Å². The van der Waals surface area contributed by atoms with Crippen molar-refractivity contribution in [3.8, 4) is 12.3 Å². The van der Waals surface area contributed by atoms with Gasteiger partial charge in [-0.15, -0.1) is 6.42 Å². The summed E-state index contributed by atoms with van der Waals surface area (Å²) in [5, 5.41) is 31.4. The Balaban J connectivity index is 1.72. The minimum Gasteiger partial charge on any atom is -0.395 e. The zero-order valence-corrected chi connectivity index (χ0v) is 14.7. The monoisotopic (exact) mass is 330 g/mol. The molecule has 0 bridgehead atoms. The van der Waals surface area contributed by atoms with E-state index < -0.39 is 5.60 Å². The number of fused-ring (bicyclic) bond motifs is 5. The summed E-state index contributed by atoms with van der Waals surface area (Å²) in [6, 6.07) is 0. The van der Waals surface area contributed by atoms with Gasteiger partial charge >= 0.3 is 0 Å². The molecule has 4 aliphatic rings. The summed E-state index contributed by atoms with van der Waals surface area (Å²) in [6.07, 6.45) is 14.8. The lowest BCUT2D eigenvalue weighted by Gasteiger charge is -2.58. The summed E-state index contributed by atoms with van der Waals surface area (Å²) in [4.78, 5) is 0. The van der Waals surface area contributed by atoms with Gasteiger partial charge in [-0.05, 0) is 69.1 Å². The van der Waals surface area contributed by atoms with Crippen molar-refractivity contribution in [3.63, 3.8) is 0 Å². The summed E-state index contributed by atoms with van der Waals surface area (Å²) in [7, 11) is 0. The van der Waals surface area contributed by atoms with E-state index in [9.17, 15) is 15.3 Å². The number of aliphatic hydroxyl groups is 3. The normalized spacial score (nSPS) is 53.4. The lowest BCUT2D eigenvalue weighted by Crippen LogP contribution is -2.55. The molecule has 0 aromatic heterocycles. The van der Waals surface area contributed by atoms with Gasteiger partial charge in [0.15, 0.2) is 0 Å². The quantitative estimate of drug-likeness (QED) is 0.512. The van der Waals surface area contributed by atoms with Gasteiger partial charge in [-0.3, -0.25) is 0 Å². The van der Waals surface area contributed by atoms with E-state index in [-0.39, 0.29) is 23.5 Å². The van der Waals surface area contributed by atoms with Crippen LogP contribution < -0.4 is 0 Å². The van der Waals surface area contributed by atoms with E-state index in [0.29, 0.717) is 24.2 Å². The first-order chi connectivity index (χ1) is 11.4. The van der Waals surface area contributed by atoms with Crippen molar-refractivity contribution in [2.45, 2.75) is 70.0 Å². The van der Waals surface area contributed by atoms with Gasteiger partial charge in [0.05, 0.1) is 12.7 Å². The molecule has 24 heavy (non-hydrogen) atoms. The second kappa shape index (κ2) is 5.34. The van der Waals surface area contributed by atoms with Gasteiger partial charge in [-0.1, -0.05) is 24.5 Å². The SMILES string of the molecule is C#CC1(O)CC[C@H]2[C@@H]3CC=C4CC(O)CC[C@]4(CO)[C@@H]3CC[C@@]21C. The molecule has 0 aromatic rings. The van der Waals surface area contributed by atoms with Crippen molar-refractivity contribution >= 4 is 0 Å². The molecule has 4 rings (SSSR count). The van der Waals surface area contributed by atoms with Crippen LogP contribution in [0.3, 0.4) is 0 Å². The first-order valence-electron chi connectivity index (χ1n) is 9.59. The molecule has 0 saturated heterocycles. The second-order valence-corrected chi connectivity index (χ2v) is 9.05. The van der Waals surface area contributed by atoms with E-state index in [0.717, 1.165) is 44.9 Å². The van der Waals surface area contributed by atoms with Crippen molar-refractivity contribution < 1.29 is 15.3 Å². The van der Waals surface area contributed by atoms with Crippen LogP contribution in [-0.4, -0.2) is 33.6 Å². The lowest BCUT2D eigenvalue weighted by atomic mass is 9.46. The maximum atomic E-state index is 11.0. The van der Waals surface area contributed by atoms with Crippen molar-refractivity contribution in [1.82, 2.24) is 0 Å². The highest BCUT2D eigenvalue weighted by Gasteiger charge is 2.63. The molecular weight excluding hydrogens is 300 g/mol. The summed E-state index contributed by atoms with van der Waals surface area (Å²) in [5.41, 5.74) is -0.0138. The molecule has 0 radical (unpaired) electrons. The maximum Gasteiger partial charge on any atom is 0.130 e. The Morgan fingerprint density at radius 1 is 1.21 bits per heavy atom. The van der Waals surface area contributed by atoms with E-state index >= 15 is 0 Å². The van der Waals surface area contributed by atoms with Crippen LogP contribution in [0.15, 0.2) is 11.6 Å². The van der Waals surface area contributed by atoms with E-state index in [1.165, 1.54) is 5.57 Å². The number of aliphatic hydroxyl groups excluding tert-OH is 2. The molecular formula is C21H30O3. The summed E-state index contributed by atoms with van der Waals surface area (Å²) in [5.74, 6) is 4.12. The van der Waals surface area contributed by atoms with Gasteiger partial charge in [0.2, 0.25) is 0 Å². The number of rotatable bonds is 1. The summed E-state index contributed by atoms with van der Waals surface area (Å²) in [6.45, 7) is 2.38. The lowest BCUT2D eigenvalue weighted by molar-refractivity contribution is -0.109. The third-order valence-electron chi connectivity index (χ3n) is 8.47. The Morgan fingerprint density at radius 2 is 1.96 bits per heavy atom. The fraction of sp³-hybridized carbons (Fsp3) is 0.810. The Bertz CT molecular complexity index is 605. The molecule has 0 spiro atoms. The van der Waals surface area contributed by atoms with Crippen LogP contribution >= 0.6 is 0 Å². The predicted octanol–water partition coefficient (Wildman–Crippen LogP) is 2.65. The first-order valence-corrected chi connectivity index (χ1v) is 9.59. The molecule has 3 nitrogen and oxygen atoms in total. The van der Waals surface area contributed by atoms with E-state index in [4.69, 9.17) is 6.42 Å². The minimum absolute atomic E-state index is 0.139. The van der Waals surface area contributed by atoms with Crippen molar-refractivity contribution in [3.05, 3.63) is 11.6 Å². The molecule has 2 unspecified atom stereocenters. The Hall–Kier alpha value is -0.820. The molecule has 4 aliphatic carbocycles. The molecule has 3 heteroatoms. The average molecular weight is 330 g/mol. The molecule has 132 valence electrons. The highest BCUT2D eigenvalue weighted by atomic mass is 16.3. The van der Waals surface area contributed by atoms with Gasteiger partial charge in [0.1, 0.15) is 5.60 Å². The number of terminal acetylenes is 1. The molecule has 3 N–H and O–H groups in total. The fourth-order valence-electron chi connectivity index (χ4n) is 6.99. The van der Waals surface area contributed by atoms with Gasteiger partial charge in [0, 0.05) is 10.8 Å². The highest BCUT2D eigenvalue weighted by Crippen LogP contribution is 2.66. The third-order valence-corrected chi connectivity index (χ3v) is 8.47. The third kappa shape index (κ3) is 1.91. The molecule has 0 amide bonds. The fourth-order valence-corrected chi connectivity index (χ4v) is 6.99. The summed E-state index contributed by atoms with van der Waals surface area (Å²) < 4.78 is 0. The maximum absolute atomic E-state index is 11.0. The van der Waals surface area contributed by atoms with E-state index in [1.807, 2.05) is 0 Å². The average Bonchev–Trinajstić information content (AvgIpc) is 2.86. The first kappa shape index (κ1) is 16.6. The van der Waals surface area contributed by atoms with E-state index in [2.05, 4.69) is 18.9 Å². The van der Waals surface area contributed by atoms with Crippen LogP contribution in [0.1, 0.15) is 58.3 Å². The van der Waals surface area contributed by atoms with Crippen LogP contribution in [0, 0.1) is 40.9 Å². The molecule has 0 aliphatic heterocycles. The molecule has 7 atom stereocenters. The van der Waals surface area contributed by atoms with Crippen molar-refractivity contribution in [1.29, 1.82) is 0 Å².